The molecule has 0 bridgehead atoms. The third-order valence-electron chi connectivity index (χ3n) is 4.52. The summed E-state index contributed by atoms with van der Waals surface area (Å²) in [6.45, 7) is 6.09. The standard InChI is InChI=1S/C21H22N4O3S/c1-3-23(4-2)15-24-20(26)19(14-16-10-8-9-13-18(16)25(27)28)29-21(24)22-17-11-6-5-7-12-17/h5-14H,3-4,15H2,1-2H3/b19-14+,22-21?. The van der Waals surface area contributed by atoms with E-state index in [0.29, 0.717) is 22.3 Å². The second-order valence-electron chi connectivity index (χ2n) is 6.33. The number of nitro benzene ring substituents is 1. The van der Waals surface area contributed by atoms with Gasteiger partial charge in [0, 0.05) is 6.07 Å². The molecule has 1 fully saturated rings. The third-order valence-corrected chi connectivity index (χ3v) is 5.53. The molecule has 1 saturated heterocycles. The molecule has 3 rings (SSSR count). The van der Waals surface area contributed by atoms with Gasteiger partial charge < -0.3 is 0 Å². The van der Waals surface area contributed by atoms with Gasteiger partial charge in [0.15, 0.2) is 5.17 Å². The average Bonchev–Trinajstić information content (AvgIpc) is 3.01. The van der Waals surface area contributed by atoms with Crippen LogP contribution in [0.4, 0.5) is 11.4 Å². The van der Waals surface area contributed by atoms with Gasteiger partial charge in [-0.1, -0.05) is 44.2 Å². The topological polar surface area (TPSA) is 79.0 Å². The molecular formula is C21H22N4O3S. The fourth-order valence-corrected chi connectivity index (χ4v) is 3.85. The van der Waals surface area contributed by atoms with E-state index in [2.05, 4.69) is 9.89 Å². The van der Waals surface area contributed by atoms with E-state index in [-0.39, 0.29) is 11.6 Å². The lowest BCUT2D eigenvalue weighted by atomic mass is 10.1. The van der Waals surface area contributed by atoms with Crippen LogP contribution in [0.3, 0.4) is 0 Å². The van der Waals surface area contributed by atoms with E-state index in [0.717, 1.165) is 18.8 Å². The Morgan fingerprint density at radius 2 is 1.76 bits per heavy atom. The van der Waals surface area contributed by atoms with Crippen LogP contribution in [0, 0.1) is 10.1 Å². The first-order valence-electron chi connectivity index (χ1n) is 9.34. The van der Waals surface area contributed by atoms with Crippen molar-refractivity contribution in [3.05, 3.63) is 75.2 Å². The summed E-state index contributed by atoms with van der Waals surface area (Å²) in [5, 5.41) is 11.9. The molecule has 0 unspecified atom stereocenters. The van der Waals surface area contributed by atoms with E-state index in [1.165, 1.54) is 17.8 Å². The molecule has 0 radical (unpaired) electrons. The lowest BCUT2D eigenvalue weighted by Gasteiger charge is -2.24. The van der Waals surface area contributed by atoms with Crippen molar-refractivity contribution in [3.8, 4) is 0 Å². The van der Waals surface area contributed by atoms with E-state index >= 15 is 0 Å². The minimum atomic E-state index is -0.441. The van der Waals surface area contributed by atoms with Gasteiger partial charge in [-0.15, -0.1) is 0 Å². The van der Waals surface area contributed by atoms with Crippen molar-refractivity contribution in [2.24, 2.45) is 4.99 Å². The van der Waals surface area contributed by atoms with Crippen LogP contribution in [0.25, 0.3) is 6.08 Å². The van der Waals surface area contributed by atoms with Crippen LogP contribution in [0.2, 0.25) is 0 Å². The van der Waals surface area contributed by atoms with Crippen LogP contribution in [0.5, 0.6) is 0 Å². The maximum atomic E-state index is 13.1. The average molecular weight is 410 g/mol. The van der Waals surface area contributed by atoms with E-state index in [4.69, 9.17) is 0 Å². The summed E-state index contributed by atoms with van der Waals surface area (Å²) >= 11 is 1.24. The van der Waals surface area contributed by atoms with Crippen LogP contribution in [0.1, 0.15) is 19.4 Å². The van der Waals surface area contributed by atoms with Crippen LogP contribution in [-0.2, 0) is 4.79 Å². The number of carbonyl (C=O) groups is 1. The number of carbonyl (C=O) groups excluding carboxylic acids is 1. The summed E-state index contributed by atoms with van der Waals surface area (Å²) in [5.74, 6) is -0.199. The Kier molecular flexibility index (Phi) is 6.79. The fraction of sp³-hybridized carbons (Fsp3) is 0.238. The Labute approximate surface area is 173 Å². The van der Waals surface area contributed by atoms with Gasteiger partial charge in [-0.2, -0.15) is 0 Å². The second kappa shape index (κ2) is 9.49. The van der Waals surface area contributed by atoms with Crippen molar-refractivity contribution in [3.63, 3.8) is 0 Å². The highest BCUT2D eigenvalue weighted by Gasteiger charge is 2.34. The summed E-state index contributed by atoms with van der Waals surface area (Å²) in [7, 11) is 0. The van der Waals surface area contributed by atoms with Crippen molar-refractivity contribution in [1.29, 1.82) is 0 Å². The molecule has 7 nitrogen and oxygen atoms in total. The van der Waals surface area contributed by atoms with Gasteiger partial charge in [0.1, 0.15) is 0 Å². The minimum absolute atomic E-state index is 0.0304. The number of hydrogen-bond acceptors (Lipinski definition) is 6. The van der Waals surface area contributed by atoms with Crippen LogP contribution >= 0.6 is 11.8 Å². The third kappa shape index (κ3) is 4.90. The zero-order valence-electron chi connectivity index (χ0n) is 16.3. The van der Waals surface area contributed by atoms with Gasteiger partial charge in [0.25, 0.3) is 11.6 Å². The Morgan fingerprint density at radius 1 is 1.10 bits per heavy atom. The molecular weight excluding hydrogens is 388 g/mol. The molecule has 150 valence electrons. The Hall–Kier alpha value is -2.97. The lowest BCUT2D eigenvalue weighted by molar-refractivity contribution is -0.385. The molecule has 0 spiro atoms. The SMILES string of the molecule is CCN(CC)CN1C(=O)/C(=C\c2ccccc2[N+](=O)[O-])SC1=Nc1ccccc1. The largest absolute Gasteiger partial charge is 0.286 e. The molecule has 1 aliphatic rings. The number of rotatable bonds is 7. The number of aliphatic imine (C=N–C) groups is 1. The van der Waals surface area contributed by atoms with Gasteiger partial charge in [0.05, 0.1) is 27.7 Å². The molecule has 0 saturated carbocycles. The maximum Gasteiger partial charge on any atom is 0.276 e. The molecule has 29 heavy (non-hydrogen) atoms. The molecule has 0 aliphatic carbocycles. The Bertz CT molecular complexity index is 955. The second-order valence-corrected chi connectivity index (χ2v) is 7.34. The van der Waals surface area contributed by atoms with Crippen molar-refractivity contribution in [2.75, 3.05) is 19.8 Å². The van der Waals surface area contributed by atoms with Crippen LogP contribution < -0.4 is 0 Å². The molecule has 0 aromatic heterocycles. The van der Waals surface area contributed by atoms with Gasteiger partial charge in [-0.3, -0.25) is 24.7 Å². The van der Waals surface area contributed by atoms with Gasteiger partial charge in [0.2, 0.25) is 0 Å². The highest BCUT2D eigenvalue weighted by molar-refractivity contribution is 8.18. The van der Waals surface area contributed by atoms with Crippen molar-refractivity contribution < 1.29 is 9.72 Å². The van der Waals surface area contributed by atoms with Crippen molar-refractivity contribution in [1.82, 2.24) is 9.80 Å². The van der Waals surface area contributed by atoms with E-state index in [9.17, 15) is 14.9 Å². The van der Waals surface area contributed by atoms with E-state index < -0.39 is 4.92 Å². The zero-order valence-corrected chi connectivity index (χ0v) is 17.1. The smallest absolute Gasteiger partial charge is 0.276 e. The lowest BCUT2D eigenvalue weighted by Crippen LogP contribution is -2.40. The first kappa shape index (κ1) is 20.8. The molecule has 1 heterocycles. The Balaban J connectivity index is 2.00. The predicted octanol–water partition coefficient (Wildman–Crippen LogP) is 4.50. The number of thioether (sulfide) groups is 1. The van der Waals surface area contributed by atoms with Crippen molar-refractivity contribution >= 4 is 40.3 Å². The number of amides is 1. The monoisotopic (exact) mass is 410 g/mol. The van der Waals surface area contributed by atoms with E-state index in [1.807, 2.05) is 44.2 Å². The number of benzene rings is 2. The summed E-state index contributed by atoms with van der Waals surface area (Å²) in [6, 6.07) is 15.8. The van der Waals surface area contributed by atoms with Crippen LogP contribution in [-0.4, -0.2) is 45.6 Å². The minimum Gasteiger partial charge on any atom is -0.286 e. The summed E-state index contributed by atoms with van der Waals surface area (Å²) in [6.07, 6.45) is 1.58. The maximum absolute atomic E-state index is 13.1. The van der Waals surface area contributed by atoms with Gasteiger partial charge in [-0.25, -0.2) is 4.99 Å². The highest BCUT2D eigenvalue weighted by atomic mass is 32.2. The fourth-order valence-electron chi connectivity index (χ4n) is 2.87. The predicted molar refractivity (Wildman–Crippen MR) is 117 cm³/mol. The van der Waals surface area contributed by atoms with Gasteiger partial charge in [-0.05, 0) is 49.1 Å². The number of hydrogen-bond donors (Lipinski definition) is 0. The first-order chi connectivity index (χ1) is 14.0. The number of nitro groups is 1. The Morgan fingerprint density at radius 3 is 2.41 bits per heavy atom. The molecule has 0 N–H and O–H groups in total. The van der Waals surface area contributed by atoms with Gasteiger partial charge >= 0.3 is 0 Å². The summed E-state index contributed by atoms with van der Waals surface area (Å²) in [5.41, 5.74) is 1.12. The summed E-state index contributed by atoms with van der Waals surface area (Å²) in [4.78, 5) is 32.8. The number of nitrogens with zero attached hydrogens (tertiary/aromatic N) is 4. The molecule has 0 atom stereocenters. The first-order valence-corrected chi connectivity index (χ1v) is 10.2. The highest BCUT2D eigenvalue weighted by Crippen LogP contribution is 2.35. The molecule has 1 amide bonds. The molecule has 2 aromatic rings. The molecule has 1 aliphatic heterocycles. The molecule has 8 heteroatoms. The molecule has 2 aromatic carbocycles. The van der Waals surface area contributed by atoms with Crippen LogP contribution in [0.15, 0.2) is 64.5 Å². The zero-order chi connectivity index (χ0) is 20.8. The number of amidine groups is 1. The summed E-state index contributed by atoms with van der Waals surface area (Å²) < 4.78 is 0. The quantitative estimate of drug-likeness (QED) is 0.381. The van der Waals surface area contributed by atoms with Crippen molar-refractivity contribution in [2.45, 2.75) is 13.8 Å². The van der Waals surface area contributed by atoms with E-state index in [1.54, 1.807) is 29.2 Å². The number of para-hydroxylation sites is 2. The normalized spacial score (nSPS) is 16.9.